The molecule has 0 aliphatic rings. The Kier molecular flexibility index (Phi) is 4.00. The van der Waals surface area contributed by atoms with Crippen LogP contribution in [0, 0.1) is 24.8 Å². The van der Waals surface area contributed by atoms with E-state index in [0.29, 0.717) is 6.54 Å². The van der Waals surface area contributed by atoms with Crippen LogP contribution in [0.2, 0.25) is 0 Å². The lowest BCUT2D eigenvalue weighted by molar-refractivity contribution is 0.592. The number of aliphatic imine (C=N–C) groups is 1. The van der Waals surface area contributed by atoms with Gasteiger partial charge in [0.2, 0.25) is 0 Å². The molecule has 0 atom stereocenters. The maximum Gasteiger partial charge on any atom is 0.102 e. The van der Waals surface area contributed by atoms with Crippen LogP contribution in [0.15, 0.2) is 4.99 Å². The van der Waals surface area contributed by atoms with Crippen molar-refractivity contribution in [2.24, 2.45) is 4.99 Å². The highest BCUT2D eigenvalue weighted by Crippen LogP contribution is 1.71. The summed E-state index contributed by atoms with van der Waals surface area (Å²) in [6, 6.07) is 2.12. The molecule has 0 N–H and O–H groups in total. The smallest absolute Gasteiger partial charge is 0.102 e. The van der Waals surface area contributed by atoms with Gasteiger partial charge in [0.25, 0.3) is 0 Å². The van der Waals surface area contributed by atoms with Crippen molar-refractivity contribution >= 4 is 6.34 Å². The van der Waals surface area contributed by atoms with Gasteiger partial charge in [0.05, 0.1) is 6.54 Å². The van der Waals surface area contributed by atoms with E-state index in [9.17, 15) is 0 Å². The van der Waals surface area contributed by atoms with Crippen LogP contribution in [-0.2, 0) is 0 Å². The second-order valence-electron chi connectivity index (χ2n) is 1.49. The van der Waals surface area contributed by atoms with Gasteiger partial charge in [0, 0.05) is 13.1 Å². The number of hydrogen-bond donors (Lipinski definition) is 0. The molecule has 0 aliphatic carbocycles. The van der Waals surface area contributed by atoms with Crippen LogP contribution in [-0.4, -0.2) is 24.8 Å². The Bertz CT molecular complexity index is 168. The highest BCUT2D eigenvalue weighted by molar-refractivity contribution is 5.56. The first kappa shape index (κ1) is 7.59. The molecule has 0 heterocycles. The van der Waals surface area contributed by atoms with Gasteiger partial charge in [-0.1, -0.05) is 12.3 Å². The van der Waals surface area contributed by atoms with Gasteiger partial charge < -0.3 is 4.90 Å². The molecule has 9 heavy (non-hydrogen) atoms. The van der Waals surface area contributed by atoms with Gasteiger partial charge in [-0.05, 0) is 0 Å². The summed E-state index contributed by atoms with van der Waals surface area (Å²) in [5, 5.41) is 0. The first-order valence-corrected chi connectivity index (χ1v) is 2.43. The van der Waals surface area contributed by atoms with Crippen molar-refractivity contribution in [3.8, 4) is 24.8 Å². The SMILES string of the molecule is C#CCN(C)/C=N\C#C. The standard InChI is InChI=1S/C7H8N2/c1-4-6-9(3)7-8-5-2/h1-2,7H,6H2,3H3/b8-7-. The highest BCUT2D eigenvalue weighted by Gasteiger charge is 1.82. The quantitative estimate of drug-likeness (QED) is 0.288. The van der Waals surface area contributed by atoms with E-state index in [1.54, 1.807) is 11.9 Å². The van der Waals surface area contributed by atoms with Gasteiger partial charge in [-0.2, -0.15) is 4.99 Å². The average Bonchev–Trinajstić information content (AvgIpc) is 1.85. The molecular weight excluding hydrogens is 112 g/mol. The molecule has 0 unspecified atom stereocenters. The molecular formula is C7H8N2. The Morgan fingerprint density at radius 2 is 2.33 bits per heavy atom. The monoisotopic (exact) mass is 120 g/mol. The van der Waals surface area contributed by atoms with E-state index < -0.39 is 0 Å². The van der Waals surface area contributed by atoms with Crippen LogP contribution >= 0.6 is 0 Å². The van der Waals surface area contributed by atoms with Crippen molar-refractivity contribution in [3.63, 3.8) is 0 Å². The molecule has 0 aromatic carbocycles. The Morgan fingerprint density at radius 3 is 2.78 bits per heavy atom. The van der Waals surface area contributed by atoms with Crippen LogP contribution in [0.1, 0.15) is 0 Å². The summed E-state index contributed by atoms with van der Waals surface area (Å²) in [4.78, 5) is 5.25. The molecule has 0 aliphatic heterocycles. The normalized spacial score (nSPS) is 8.33. The predicted octanol–water partition coefficient (Wildman–Crippen LogP) is 0.170. The summed E-state index contributed by atoms with van der Waals surface area (Å²) in [7, 11) is 1.81. The minimum absolute atomic E-state index is 0.533. The van der Waals surface area contributed by atoms with Crippen LogP contribution in [0.4, 0.5) is 0 Å². The Labute approximate surface area is 55.6 Å². The van der Waals surface area contributed by atoms with Crippen molar-refractivity contribution in [3.05, 3.63) is 0 Å². The van der Waals surface area contributed by atoms with Crippen LogP contribution in [0.5, 0.6) is 0 Å². The molecule has 46 valence electrons. The number of nitrogens with zero attached hydrogens (tertiary/aromatic N) is 2. The fraction of sp³-hybridized carbons (Fsp3) is 0.286. The van der Waals surface area contributed by atoms with Gasteiger partial charge in [-0.3, -0.25) is 0 Å². The molecule has 0 aromatic rings. The van der Waals surface area contributed by atoms with Crippen molar-refractivity contribution in [1.82, 2.24) is 4.90 Å². The molecule has 2 heteroatoms. The first-order valence-electron chi connectivity index (χ1n) is 2.43. The maximum atomic E-state index is 5.00. The third-order valence-electron chi connectivity index (χ3n) is 0.670. The van der Waals surface area contributed by atoms with E-state index >= 15 is 0 Å². The van der Waals surface area contributed by atoms with Crippen molar-refractivity contribution in [2.45, 2.75) is 0 Å². The Balaban J connectivity index is 3.55. The third-order valence-corrected chi connectivity index (χ3v) is 0.670. The fourth-order valence-electron chi connectivity index (χ4n) is 0.317. The van der Waals surface area contributed by atoms with Crippen LogP contribution < -0.4 is 0 Å². The summed E-state index contributed by atoms with van der Waals surface area (Å²) < 4.78 is 0. The zero-order valence-electron chi connectivity index (χ0n) is 5.33. The van der Waals surface area contributed by atoms with E-state index in [2.05, 4.69) is 17.0 Å². The summed E-state index contributed by atoms with van der Waals surface area (Å²) in [5.41, 5.74) is 0. The average molecular weight is 120 g/mol. The molecule has 0 saturated heterocycles. The molecule has 0 amide bonds. The van der Waals surface area contributed by atoms with Gasteiger partial charge >= 0.3 is 0 Å². The topological polar surface area (TPSA) is 15.6 Å². The minimum Gasteiger partial charge on any atom is -0.354 e. The maximum absolute atomic E-state index is 5.00. The van der Waals surface area contributed by atoms with Crippen LogP contribution in [0.25, 0.3) is 0 Å². The molecule has 2 nitrogen and oxygen atoms in total. The molecule has 0 fully saturated rings. The number of hydrogen-bond acceptors (Lipinski definition) is 1. The van der Waals surface area contributed by atoms with Crippen molar-refractivity contribution in [1.29, 1.82) is 0 Å². The predicted molar refractivity (Wildman–Crippen MR) is 38.8 cm³/mol. The summed E-state index contributed by atoms with van der Waals surface area (Å²) in [5.74, 6) is 2.44. The summed E-state index contributed by atoms with van der Waals surface area (Å²) in [6.45, 7) is 0.533. The second-order valence-corrected chi connectivity index (χ2v) is 1.49. The van der Waals surface area contributed by atoms with Crippen LogP contribution in [0.3, 0.4) is 0 Å². The van der Waals surface area contributed by atoms with Gasteiger partial charge in [-0.25, -0.2) is 0 Å². The minimum atomic E-state index is 0.533. The highest BCUT2D eigenvalue weighted by atomic mass is 15.1. The Hall–Kier alpha value is -1.41. The Morgan fingerprint density at radius 1 is 1.67 bits per heavy atom. The van der Waals surface area contributed by atoms with E-state index in [0.717, 1.165) is 0 Å². The lowest BCUT2D eigenvalue weighted by atomic mass is 10.6. The van der Waals surface area contributed by atoms with E-state index in [-0.39, 0.29) is 0 Å². The zero-order valence-corrected chi connectivity index (χ0v) is 5.33. The lowest BCUT2D eigenvalue weighted by Crippen LogP contribution is -2.15. The van der Waals surface area contributed by atoms with Gasteiger partial charge in [0.15, 0.2) is 0 Å². The molecule has 0 rings (SSSR count). The van der Waals surface area contributed by atoms with Gasteiger partial charge in [0.1, 0.15) is 6.34 Å². The summed E-state index contributed by atoms with van der Waals surface area (Å²) in [6.07, 6.45) is 11.4. The third kappa shape index (κ3) is 4.44. The van der Waals surface area contributed by atoms with E-state index in [1.807, 2.05) is 0 Å². The van der Waals surface area contributed by atoms with Crippen molar-refractivity contribution in [2.75, 3.05) is 13.6 Å². The zero-order chi connectivity index (χ0) is 7.11. The molecule has 0 aromatic heterocycles. The van der Waals surface area contributed by atoms with E-state index in [1.165, 1.54) is 6.34 Å². The molecule has 0 radical (unpaired) electrons. The van der Waals surface area contributed by atoms with Gasteiger partial charge in [-0.15, -0.1) is 6.42 Å². The first-order chi connectivity index (χ1) is 4.31. The number of terminal acetylenes is 2. The van der Waals surface area contributed by atoms with Crippen molar-refractivity contribution < 1.29 is 0 Å². The molecule has 0 saturated carbocycles. The largest absolute Gasteiger partial charge is 0.354 e. The van der Waals surface area contributed by atoms with E-state index in [4.69, 9.17) is 12.8 Å². The summed E-state index contributed by atoms with van der Waals surface area (Å²) >= 11 is 0. The second kappa shape index (κ2) is 4.74. The molecule has 0 spiro atoms. The molecule has 0 bridgehead atoms. The fourth-order valence-corrected chi connectivity index (χ4v) is 0.317. The lowest BCUT2D eigenvalue weighted by Gasteiger charge is -2.04. The number of rotatable bonds is 2.